The Morgan fingerprint density at radius 1 is 1.04 bits per heavy atom. The topological polar surface area (TPSA) is 111 Å². The number of anilines is 4. The van der Waals surface area contributed by atoms with E-state index in [-0.39, 0.29) is 27.8 Å². The minimum atomic E-state index is -3.70. The van der Waals surface area contributed by atoms with Crippen molar-refractivity contribution < 1.29 is 17.9 Å². The lowest BCUT2D eigenvalue weighted by atomic mass is 9.84. The van der Waals surface area contributed by atoms with E-state index in [2.05, 4.69) is 40.0 Å². The number of halogens is 1. The highest BCUT2D eigenvalue weighted by atomic mass is 35.5. The highest BCUT2D eigenvalue weighted by Gasteiger charge is 2.49. The molecule has 4 aliphatic rings. The van der Waals surface area contributed by atoms with Crippen molar-refractivity contribution >= 4 is 50.2 Å². The number of sulfone groups is 1. The number of hydrogen-bond donors (Lipinski definition) is 1. The lowest BCUT2D eigenvalue weighted by Crippen LogP contribution is -2.59. The summed E-state index contributed by atoms with van der Waals surface area (Å²) < 4.78 is 39.8. The van der Waals surface area contributed by atoms with E-state index in [1.54, 1.807) is 36.9 Å². The monoisotopic (exact) mass is 691 g/mol. The molecule has 256 valence electrons. The van der Waals surface area contributed by atoms with Gasteiger partial charge in [0.15, 0.2) is 9.84 Å². The summed E-state index contributed by atoms with van der Waals surface area (Å²) in [6, 6.07) is 12.6. The van der Waals surface area contributed by atoms with Crippen LogP contribution in [0.15, 0.2) is 53.6 Å². The van der Waals surface area contributed by atoms with E-state index < -0.39 is 15.1 Å². The summed E-state index contributed by atoms with van der Waals surface area (Å²) in [5.41, 5.74) is 10.8. The normalized spacial score (nSPS) is 22.1. The van der Waals surface area contributed by atoms with E-state index in [0.29, 0.717) is 41.2 Å². The van der Waals surface area contributed by atoms with Gasteiger partial charge in [-0.05, 0) is 120 Å². The first kappa shape index (κ1) is 33.3. The molecule has 2 aromatic carbocycles. The van der Waals surface area contributed by atoms with Gasteiger partial charge in [0.2, 0.25) is 5.95 Å². The lowest BCUT2D eigenvalue weighted by Gasteiger charge is -2.49. The zero-order valence-electron chi connectivity index (χ0n) is 28.4. The lowest BCUT2D eigenvalue weighted by molar-refractivity contribution is -0.0963. The molecule has 0 radical (unpaired) electrons. The van der Waals surface area contributed by atoms with Crippen LogP contribution in [-0.4, -0.2) is 66.0 Å². The Kier molecular flexibility index (Phi) is 8.98. The molecular formula is C37H46ClN5O4S. The second-order valence-electron chi connectivity index (χ2n) is 14.4. The molecule has 9 nitrogen and oxygen atoms in total. The number of benzene rings is 2. The van der Waals surface area contributed by atoms with Crippen molar-refractivity contribution in [2.75, 3.05) is 23.8 Å². The summed E-state index contributed by atoms with van der Waals surface area (Å²) >= 11 is 6.27. The number of nitrogens with two attached hydrogens (primary N) is 1. The fraction of sp³-hybridized carbons (Fsp3) is 0.514. The van der Waals surface area contributed by atoms with Gasteiger partial charge in [-0.1, -0.05) is 29.8 Å². The number of para-hydroxylation sites is 1. The second kappa shape index (κ2) is 12.9. The van der Waals surface area contributed by atoms with E-state index in [1.807, 2.05) is 19.9 Å². The third kappa shape index (κ3) is 6.32. The van der Waals surface area contributed by atoms with Crippen LogP contribution in [-0.2, 0) is 14.6 Å². The van der Waals surface area contributed by atoms with Crippen molar-refractivity contribution in [1.82, 2.24) is 14.9 Å². The Morgan fingerprint density at radius 2 is 1.75 bits per heavy atom. The summed E-state index contributed by atoms with van der Waals surface area (Å²) in [7, 11) is -3.70. The number of nitrogens with zero attached hydrogens (tertiary/aromatic N) is 4. The van der Waals surface area contributed by atoms with Crippen LogP contribution in [0.2, 0.25) is 5.02 Å². The largest absolute Gasteiger partial charge is 0.489 e. The van der Waals surface area contributed by atoms with Gasteiger partial charge in [0.1, 0.15) is 16.6 Å². The molecule has 2 aliphatic carbocycles. The Labute approximate surface area is 289 Å². The quantitative estimate of drug-likeness (QED) is 0.218. The van der Waals surface area contributed by atoms with Gasteiger partial charge in [-0.25, -0.2) is 13.4 Å². The number of rotatable bonds is 11. The zero-order chi connectivity index (χ0) is 33.9. The van der Waals surface area contributed by atoms with Crippen molar-refractivity contribution in [3.05, 3.63) is 64.8 Å². The molecule has 2 N–H and O–H groups in total. The van der Waals surface area contributed by atoms with E-state index in [9.17, 15) is 8.42 Å². The second-order valence-corrected chi connectivity index (χ2v) is 17.2. The predicted octanol–water partition coefficient (Wildman–Crippen LogP) is 7.50. The van der Waals surface area contributed by atoms with Gasteiger partial charge in [0.25, 0.3) is 0 Å². The van der Waals surface area contributed by atoms with Crippen molar-refractivity contribution in [3.63, 3.8) is 0 Å². The summed E-state index contributed by atoms with van der Waals surface area (Å²) in [5.74, 6) is 2.32. The average molecular weight is 692 g/mol. The van der Waals surface area contributed by atoms with Gasteiger partial charge in [-0.15, -0.1) is 0 Å². The maximum Gasteiger partial charge on any atom is 0.236 e. The van der Waals surface area contributed by atoms with Gasteiger partial charge in [0, 0.05) is 12.1 Å². The molecule has 48 heavy (non-hydrogen) atoms. The number of nitrogen functional groups attached to an aromatic ring is 1. The summed E-state index contributed by atoms with van der Waals surface area (Å²) in [5, 5.41) is -0.426. The van der Waals surface area contributed by atoms with Crippen LogP contribution in [0.3, 0.4) is 0 Å². The highest BCUT2D eigenvalue weighted by Crippen LogP contribution is 2.51. The minimum absolute atomic E-state index is 0.0987. The van der Waals surface area contributed by atoms with E-state index in [1.165, 1.54) is 37.5 Å². The number of ether oxygens (including phenoxy) is 2. The molecular weight excluding hydrogens is 646 g/mol. The maximum atomic E-state index is 13.7. The molecule has 2 atom stereocenters. The number of aromatic nitrogens is 2. The van der Waals surface area contributed by atoms with E-state index >= 15 is 0 Å². The van der Waals surface area contributed by atoms with E-state index in [0.717, 1.165) is 36.7 Å². The standard InChI is InChI=1S/C37H46ClN5O4S/c1-21(2)47-34-17-28(26-15-31(24-10-11-24)42(27-19-46-20-27)32(16-26)25-12-13-25)23(5)14-33(34)43(37-40-18-29(38)36(39)41-37)30-8-6-7-9-35(30)48(44,45)22(3)4/h6-9,14-15,17-18,21-22,24-25,27,31-32H,10-13,16,19-20H2,1-5H3,(H2,39,40,41)/t31-,32-/m1/s1. The summed E-state index contributed by atoms with van der Waals surface area (Å²) in [4.78, 5) is 13.8. The molecule has 2 saturated carbocycles. The molecule has 0 unspecified atom stereocenters. The molecule has 1 aromatic heterocycles. The van der Waals surface area contributed by atoms with Gasteiger partial charge in [0.05, 0.1) is 53.1 Å². The Morgan fingerprint density at radius 3 is 2.35 bits per heavy atom. The SMILES string of the molecule is Cc1cc(N(c2ncc(Cl)c(N)n2)c2ccccc2S(=O)(=O)C(C)C)c(OC(C)C)cc1C1=C[C@H](C2CC2)N(C2COC2)[C@@H](C2CC2)C1. The van der Waals surface area contributed by atoms with Crippen LogP contribution in [0.1, 0.15) is 70.9 Å². The fourth-order valence-corrected chi connectivity index (χ4v) is 8.55. The first-order valence-corrected chi connectivity index (χ1v) is 19.1. The molecule has 0 bridgehead atoms. The smallest absolute Gasteiger partial charge is 0.236 e. The first-order chi connectivity index (χ1) is 22.9. The van der Waals surface area contributed by atoms with Crippen LogP contribution in [0.4, 0.5) is 23.1 Å². The minimum Gasteiger partial charge on any atom is -0.489 e. The van der Waals surface area contributed by atoms with Crippen LogP contribution in [0.25, 0.3) is 5.57 Å². The van der Waals surface area contributed by atoms with Crippen molar-refractivity contribution in [1.29, 1.82) is 0 Å². The molecule has 3 heterocycles. The summed E-state index contributed by atoms with van der Waals surface area (Å²) in [6.07, 6.45) is 9.93. The molecule has 11 heteroatoms. The van der Waals surface area contributed by atoms with Crippen LogP contribution in [0.5, 0.6) is 5.75 Å². The average Bonchev–Trinajstić information content (AvgIpc) is 3.94. The van der Waals surface area contributed by atoms with Gasteiger partial charge < -0.3 is 15.2 Å². The molecule has 3 aromatic rings. The molecule has 1 saturated heterocycles. The molecule has 3 fully saturated rings. The van der Waals surface area contributed by atoms with Gasteiger partial charge in [-0.3, -0.25) is 9.80 Å². The zero-order valence-corrected chi connectivity index (χ0v) is 30.0. The number of hydrogen-bond acceptors (Lipinski definition) is 9. The molecule has 7 rings (SSSR count). The first-order valence-electron chi connectivity index (χ1n) is 17.2. The van der Waals surface area contributed by atoms with Crippen LogP contribution < -0.4 is 15.4 Å². The molecule has 0 spiro atoms. The third-order valence-corrected chi connectivity index (χ3v) is 12.6. The van der Waals surface area contributed by atoms with Crippen molar-refractivity contribution in [3.8, 4) is 5.75 Å². The third-order valence-electron chi connectivity index (χ3n) is 10.1. The Hall–Kier alpha value is -3.18. The van der Waals surface area contributed by atoms with Crippen LogP contribution >= 0.6 is 11.6 Å². The Bertz CT molecular complexity index is 1840. The fourth-order valence-electron chi connectivity index (χ4n) is 7.23. The van der Waals surface area contributed by atoms with E-state index in [4.69, 9.17) is 26.8 Å². The molecule has 2 aliphatic heterocycles. The Balaban J connectivity index is 1.40. The maximum absolute atomic E-state index is 13.7. The molecule has 0 amide bonds. The van der Waals surface area contributed by atoms with Crippen molar-refractivity contribution in [2.24, 2.45) is 11.8 Å². The summed E-state index contributed by atoms with van der Waals surface area (Å²) in [6.45, 7) is 11.1. The number of aryl methyl sites for hydroxylation is 1. The van der Waals surface area contributed by atoms with Gasteiger partial charge >= 0.3 is 0 Å². The van der Waals surface area contributed by atoms with Crippen LogP contribution in [0, 0.1) is 18.8 Å². The highest BCUT2D eigenvalue weighted by molar-refractivity contribution is 7.92. The van der Waals surface area contributed by atoms with Gasteiger partial charge in [-0.2, -0.15) is 4.98 Å². The predicted molar refractivity (Wildman–Crippen MR) is 191 cm³/mol. The van der Waals surface area contributed by atoms with Crippen molar-refractivity contribution in [2.45, 2.75) is 101 Å².